The van der Waals surface area contributed by atoms with E-state index in [2.05, 4.69) is 0 Å². The molecule has 0 aromatic heterocycles. The molecule has 0 saturated heterocycles. The molecular formula is C4H10Cl2. The van der Waals surface area contributed by atoms with E-state index in [1.165, 1.54) is 0 Å². The zero-order chi connectivity index (χ0) is 4.50. The van der Waals surface area contributed by atoms with Crippen LogP contribution in [0, 0.1) is 0 Å². The summed E-state index contributed by atoms with van der Waals surface area (Å²) in [6, 6.07) is 0. The number of hydrogen-bond donors (Lipinski definition) is 0. The van der Waals surface area contributed by atoms with Crippen LogP contribution in [0.1, 0.15) is 20.8 Å². The second-order valence-electron chi connectivity index (χ2n) is 2.07. The molecule has 0 radical (unpaired) electrons. The Hall–Kier alpha value is 0.580. The predicted octanol–water partition coefficient (Wildman–Crippen LogP) is 2.45. The first kappa shape index (κ1) is 9.77. The van der Waals surface area contributed by atoms with Gasteiger partial charge >= 0.3 is 0 Å². The van der Waals surface area contributed by atoms with Crippen molar-refractivity contribution in [2.24, 2.45) is 0 Å². The van der Waals surface area contributed by atoms with E-state index in [1.807, 2.05) is 20.8 Å². The van der Waals surface area contributed by atoms with Crippen molar-refractivity contribution in [2.75, 3.05) is 0 Å². The first-order valence-electron chi connectivity index (χ1n) is 1.69. The topological polar surface area (TPSA) is 0 Å². The molecule has 0 saturated carbocycles. The largest absolute Gasteiger partial charge is 0.147 e. The summed E-state index contributed by atoms with van der Waals surface area (Å²) in [4.78, 5) is -0.0278. The molecule has 40 valence electrons. The molecule has 0 aromatic carbocycles. The number of hydrogen-bond acceptors (Lipinski definition) is 0. The molecule has 0 fully saturated rings. The first-order valence-corrected chi connectivity index (χ1v) is 2.07. The maximum absolute atomic E-state index is 5.53. The fourth-order valence-corrected chi connectivity index (χ4v) is 0. The standard InChI is InChI=1S/C4H9Cl.ClH/c1-4(2,3)5;/h1-3H3;1H. The molecular weight excluding hydrogens is 119 g/mol. The normalized spacial score (nSPS) is 10.0. The van der Waals surface area contributed by atoms with Crippen LogP contribution < -0.4 is 0 Å². The summed E-state index contributed by atoms with van der Waals surface area (Å²) < 4.78 is 0. The van der Waals surface area contributed by atoms with Gasteiger partial charge in [-0.3, -0.25) is 0 Å². The zero-order valence-electron chi connectivity index (χ0n) is 4.29. The van der Waals surface area contributed by atoms with E-state index in [0.29, 0.717) is 0 Å². The molecule has 0 aliphatic heterocycles. The highest BCUT2D eigenvalue weighted by Crippen LogP contribution is 2.07. The van der Waals surface area contributed by atoms with E-state index >= 15 is 0 Å². The second kappa shape index (κ2) is 2.70. The molecule has 0 unspecified atom stereocenters. The van der Waals surface area contributed by atoms with Gasteiger partial charge in [0.25, 0.3) is 0 Å². The highest BCUT2D eigenvalue weighted by atomic mass is 35.5. The molecule has 0 nitrogen and oxygen atoms in total. The van der Waals surface area contributed by atoms with E-state index in [4.69, 9.17) is 11.6 Å². The maximum atomic E-state index is 5.53. The Balaban J connectivity index is 0. The molecule has 0 rings (SSSR count). The van der Waals surface area contributed by atoms with E-state index in [0.717, 1.165) is 0 Å². The van der Waals surface area contributed by atoms with Crippen LogP contribution in [-0.4, -0.2) is 4.87 Å². The Labute approximate surface area is 50.3 Å². The fourth-order valence-electron chi connectivity index (χ4n) is 0. The summed E-state index contributed by atoms with van der Waals surface area (Å²) in [5, 5.41) is 0. The van der Waals surface area contributed by atoms with Gasteiger partial charge in [-0.1, -0.05) is 0 Å². The van der Waals surface area contributed by atoms with Crippen LogP contribution >= 0.6 is 24.0 Å². The first-order chi connectivity index (χ1) is 2.00. The highest BCUT2D eigenvalue weighted by Gasteiger charge is 1.99. The third-order valence-corrected chi connectivity index (χ3v) is 0. The second-order valence-corrected chi connectivity index (χ2v) is 3.20. The quantitative estimate of drug-likeness (QED) is 0.440. The van der Waals surface area contributed by atoms with Gasteiger partial charge in [-0.05, 0) is 20.8 Å². The summed E-state index contributed by atoms with van der Waals surface area (Å²) in [5.74, 6) is 0. The Bertz CT molecular complexity index is 21.0. The summed E-state index contributed by atoms with van der Waals surface area (Å²) >= 11 is 5.53. The minimum atomic E-state index is -0.0278. The van der Waals surface area contributed by atoms with Crippen LogP contribution in [0.5, 0.6) is 0 Å². The van der Waals surface area contributed by atoms with Crippen molar-refractivity contribution in [1.29, 1.82) is 0 Å². The Morgan fingerprint density at radius 3 is 1.17 bits per heavy atom. The van der Waals surface area contributed by atoms with Crippen molar-refractivity contribution in [3.8, 4) is 0 Å². The van der Waals surface area contributed by atoms with Crippen molar-refractivity contribution >= 4 is 24.0 Å². The zero-order valence-corrected chi connectivity index (χ0v) is 5.86. The molecule has 0 amide bonds. The van der Waals surface area contributed by atoms with E-state index in [1.54, 1.807) is 0 Å². The molecule has 0 aromatic rings. The van der Waals surface area contributed by atoms with Gasteiger partial charge in [-0.2, -0.15) is 0 Å². The van der Waals surface area contributed by atoms with Gasteiger partial charge in [-0.25, -0.2) is 0 Å². The average Bonchev–Trinajstić information content (AvgIpc) is 0.722. The predicted molar refractivity (Wildman–Crippen MR) is 32.9 cm³/mol. The monoisotopic (exact) mass is 128 g/mol. The maximum Gasteiger partial charge on any atom is 0.0362 e. The van der Waals surface area contributed by atoms with Gasteiger partial charge in [0.2, 0.25) is 0 Å². The lowest BCUT2D eigenvalue weighted by Crippen LogP contribution is -1.99. The van der Waals surface area contributed by atoms with Crippen molar-refractivity contribution < 1.29 is 0 Å². The van der Waals surface area contributed by atoms with Crippen LogP contribution in [0.2, 0.25) is 0 Å². The van der Waals surface area contributed by atoms with E-state index < -0.39 is 0 Å². The van der Waals surface area contributed by atoms with Gasteiger partial charge in [0.1, 0.15) is 0 Å². The summed E-state index contributed by atoms with van der Waals surface area (Å²) in [6.45, 7) is 5.86. The summed E-state index contributed by atoms with van der Waals surface area (Å²) in [7, 11) is 0. The van der Waals surface area contributed by atoms with Crippen molar-refractivity contribution in [2.45, 2.75) is 25.6 Å². The SMILES string of the molecule is CC(C)(C)Cl.Cl. The minimum absolute atomic E-state index is 0. The van der Waals surface area contributed by atoms with Gasteiger partial charge in [0, 0.05) is 4.87 Å². The molecule has 0 bridgehead atoms. The van der Waals surface area contributed by atoms with Crippen LogP contribution in [0.3, 0.4) is 0 Å². The van der Waals surface area contributed by atoms with Crippen LogP contribution in [-0.2, 0) is 0 Å². The Morgan fingerprint density at radius 2 is 1.17 bits per heavy atom. The lowest BCUT2D eigenvalue weighted by molar-refractivity contribution is 0.788. The number of rotatable bonds is 0. The fraction of sp³-hybridized carbons (Fsp3) is 1.00. The van der Waals surface area contributed by atoms with Gasteiger partial charge in [0.05, 0.1) is 0 Å². The molecule has 0 atom stereocenters. The van der Waals surface area contributed by atoms with E-state index in [9.17, 15) is 0 Å². The molecule has 0 N–H and O–H groups in total. The Kier molecular flexibility index (Phi) is 4.40. The molecule has 0 heterocycles. The number of halogens is 2. The highest BCUT2D eigenvalue weighted by molar-refractivity contribution is 6.23. The third kappa shape index (κ3) is 174. The third-order valence-electron chi connectivity index (χ3n) is 0. The van der Waals surface area contributed by atoms with Crippen molar-refractivity contribution in [3.63, 3.8) is 0 Å². The van der Waals surface area contributed by atoms with Crippen LogP contribution in [0.4, 0.5) is 0 Å². The van der Waals surface area contributed by atoms with Crippen molar-refractivity contribution in [1.82, 2.24) is 0 Å². The summed E-state index contributed by atoms with van der Waals surface area (Å²) in [5.41, 5.74) is 0. The summed E-state index contributed by atoms with van der Waals surface area (Å²) in [6.07, 6.45) is 0. The van der Waals surface area contributed by atoms with Crippen molar-refractivity contribution in [3.05, 3.63) is 0 Å². The number of alkyl halides is 1. The van der Waals surface area contributed by atoms with E-state index in [-0.39, 0.29) is 17.3 Å². The van der Waals surface area contributed by atoms with Crippen LogP contribution in [0.15, 0.2) is 0 Å². The lowest BCUT2D eigenvalue weighted by atomic mass is 10.3. The molecule has 2 heteroatoms. The molecule has 0 spiro atoms. The smallest absolute Gasteiger partial charge is 0.0362 e. The minimum Gasteiger partial charge on any atom is -0.147 e. The average molecular weight is 129 g/mol. The Morgan fingerprint density at radius 1 is 1.17 bits per heavy atom. The van der Waals surface area contributed by atoms with Crippen LogP contribution in [0.25, 0.3) is 0 Å². The molecule has 6 heavy (non-hydrogen) atoms. The van der Waals surface area contributed by atoms with Gasteiger partial charge in [0.15, 0.2) is 0 Å². The molecule has 0 aliphatic rings. The molecule has 0 aliphatic carbocycles. The van der Waals surface area contributed by atoms with Gasteiger partial charge < -0.3 is 0 Å². The van der Waals surface area contributed by atoms with Gasteiger partial charge in [-0.15, -0.1) is 24.0 Å². The lowest BCUT2D eigenvalue weighted by Gasteiger charge is -2.01.